The molecule has 8 heteroatoms. The Hall–Kier alpha value is -3.68. The molecule has 0 radical (unpaired) electrons. The maximum Gasteiger partial charge on any atom is 0.225 e. The first kappa shape index (κ1) is 22.0. The fraction of sp³-hybridized carbons (Fsp3) is 0.304. The molecule has 162 valence electrons. The van der Waals surface area contributed by atoms with Crippen LogP contribution in [0.15, 0.2) is 42.6 Å². The molecule has 0 spiro atoms. The third kappa shape index (κ3) is 5.69. The highest BCUT2D eigenvalue weighted by Gasteiger charge is 2.17. The van der Waals surface area contributed by atoms with Gasteiger partial charge in [-0.3, -0.25) is 0 Å². The Bertz CT molecular complexity index is 1030. The summed E-state index contributed by atoms with van der Waals surface area (Å²) >= 11 is 0. The number of ether oxygens (including phenoxy) is 1. The summed E-state index contributed by atoms with van der Waals surface area (Å²) < 4.78 is 5.21. The second-order valence-corrected chi connectivity index (χ2v) is 7.14. The molecule has 0 aliphatic carbocycles. The molecule has 31 heavy (non-hydrogen) atoms. The quantitative estimate of drug-likeness (QED) is 0.351. The number of pyridine rings is 1. The molecule has 0 unspecified atom stereocenters. The van der Waals surface area contributed by atoms with Gasteiger partial charge < -0.3 is 26.1 Å². The van der Waals surface area contributed by atoms with Gasteiger partial charge in [0.05, 0.1) is 12.8 Å². The molecule has 0 saturated heterocycles. The molecular weight excluding hydrogens is 390 g/mol. The number of rotatable bonds is 10. The van der Waals surface area contributed by atoms with Crippen LogP contribution in [-0.4, -0.2) is 34.8 Å². The summed E-state index contributed by atoms with van der Waals surface area (Å²) in [6, 6.07) is 11.7. The number of hydrogen-bond donors (Lipinski definition) is 4. The highest BCUT2D eigenvalue weighted by Crippen LogP contribution is 2.28. The SMILES string of the molecule is CCCC(=N)c1nc(NCc2ccc(OC)cc2)nc(Nc2cc(C)ccn2)c1NC. The second kappa shape index (κ2) is 10.4. The fourth-order valence-corrected chi connectivity index (χ4v) is 3.10. The highest BCUT2D eigenvalue weighted by atomic mass is 16.5. The Morgan fingerprint density at radius 2 is 1.90 bits per heavy atom. The van der Waals surface area contributed by atoms with Crippen molar-refractivity contribution in [2.75, 3.05) is 30.1 Å². The average Bonchev–Trinajstić information content (AvgIpc) is 2.78. The van der Waals surface area contributed by atoms with Gasteiger partial charge in [0.15, 0.2) is 5.82 Å². The van der Waals surface area contributed by atoms with Crippen LogP contribution in [0.4, 0.5) is 23.3 Å². The first-order valence-corrected chi connectivity index (χ1v) is 10.3. The second-order valence-electron chi connectivity index (χ2n) is 7.14. The molecule has 0 bridgehead atoms. The van der Waals surface area contributed by atoms with Crippen LogP contribution in [0.3, 0.4) is 0 Å². The van der Waals surface area contributed by atoms with Crippen LogP contribution in [0.25, 0.3) is 0 Å². The largest absolute Gasteiger partial charge is 0.497 e. The van der Waals surface area contributed by atoms with Gasteiger partial charge >= 0.3 is 0 Å². The topological polar surface area (TPSA) is 108 Å². The van der Waals surface area contributed by atoms with Gasteiger partial charge in [-0.2, -0.15) is 4.98 Å². The minimum Gasteiger partial charge on any atom is -0.497 e. The molecular formula is C23H29N7O. The van der Waals surface area contributed by atoms with Gasteiger partial charge in [0.2, 0.25) is 5.95 Å². The lowest BCUT2D eigenvalue weighted by Crippen LogP contribution is -2.14. The summed E-state index contributed by atoms with van der Waals surface area (Å²) in [5.41, 5.74) is 3.88. The van der Waals surface area contributed by atoms with Crippen LogP contribution < -0.4 is 20.7 Å². The predicted octanol–water partition coefficient (Wildman–Crippen LogP) is 4.75. The zero-order chi connectivity index (χ0) is 22.2. The van der Waals surface area contributed by atoms with E-state index in [2.05, 4.69) is 30.9 Å². The third-order valence-corrected chi connectivity index (χ3v) is 4.72. The zero-order valence-electron chi connectivity index (χ0n) is 18.4. The van der Waals surface area contributed by atoms with Crippen molar-refractivity contribution in [1.82, 2.24) is 15.0 Å². The van der Waals surface area contributed by atoms with Crippen molar-refractivity contribution in [2.45, 2.75) is 33.2 Å². The van der Waals surface area contributed by atoms with Gasteiger partial charge in [-0.15, -0.1) is 0 Å². The summed E-state index contributed by atoms with van der Waals surface area (Å²) in [5.74, 6) is 2.51. The van der Waals surface area contributed by atoms with Crippen LogP contribution >= 0.6 is 0 Å². The van der Waals surface area contributed by atoms with Crippen molar-refractivity contribution in [3.8, 4) is 5.75 Å². The van der Waals surface area contributed by atoms with E-state index in [-0.39, 0.29) is 0 Å². The van der Waals surface area contributed by atoms with Crippen molar-refractivity contribution >= 4 is 29.0 Å². The number of aryl methyl sites for hydroxylation is 1. The number of nitrogens with zero attached hydrogens (tertiary/aromatic N) is 3. The number of aromatic nitrogens is 3. The van der Waals surface area contributed by atoms with E-state index in [1.54, 1.807) is 20.4 Å². The molecule has 8 nitrogen and oxygen atoms in total. The van der Waals surface area contributed by atoms with Crippen molar-refractivity contribution < 1.29 is 4.74 Å². The van der Waals surface area contributed by atoms with Crippen molar-refractivity contribution in [3.63, 3.8) is 0 Å². The minimum atomic E-state index is 0.445. The van der Waals surface area contributed by atoms with Gasteiger partial charge in [-0.25, -0.2) is 9.97 Å². The molecule has 0 amide bonds. The molecule has 0 saturated carbocycles. The fourth-order valence-electron chi connectivity index (χ4n) is 3.10. The molecule has 0 aliphatic heterocycles. The molecule has 2 heterocycles. The molecule has 0 fully saturated rings. The Balaban J connectivity index is 1.93. The van der Waals surface area contributed by atoms with Crippen molar-refractivity contribution in [2.24, 2.45) is 0 Å². The van der Waals surface area contributed by atoms with E-state index in [9.17, 15) is 0 Å². The predicted molar refractivity (Wildman–Crippen MR) is 126 cm³/mol. The lowest BCUT2D eigenvalue weighted by molar-refractivity contribution is 0.414. The number of hydrogen-bond acceptors (Lipinski definition) is 8. The lowest BCUT2D eigenvalue weighted by atomic mass is 10.1. The molecule has 2 aromatic heterocycles. The van der Waals surface area contributed by atoms with Gasteiger partial charge in [0.1, 0.15) is 22.9 Å². The van der Waals surface area contributed by atoms with Crippen LogP contribution in [-0.2, 0) is 6.54 Å². The Labute approximate surface area is 183 Å². The Kier molecular flexibility index (Phi) is 7.37. The summed E-state index contributed by atoms with van der Waals surface area (Å²) in [5, 5.41) is 18.2. The zero-order valence-corrected chi connectivity index (χ0v) is 18.4. The standard InChI is InChI=1S/C23H29N7O/c1-5-6-18(24)20-21(25-3)22(28-19-13-15(2)11-12-26-19)30-23(29-20)27-14-16-7-9-17(31-4)10-8-16/h7-13,24-25H,5-6,14H2,1-4H3,(H2,26,27,28,29,30). The molecule has 3 aromatic rings. The van der Waals surface area contributed by atoms with Crippen LogP contribution in [0.1, 0.15) is 36.6 Å². The highest BCUT2D eigenvalue weighted by molar-refractivity contribution is 6.03. The number of anilines is 4. The third-order valence-electron chi connectivity index (χ3n) is 4.72. The van der Waals surface area contributed by atoms with Crippen LogP contribution in [0.5, 0.6) is 5.75 Å². The first-order chi connectivity index (χ1) is 15.0. The summed E-state index contributed by atoms with van der Waals surface area (Å²) in [6.45, 7) is 4.61. The van der Waals surface area contributed by atoms with E-state index in [1.165, 1.54) is 0 Å². The molecule has 1 aromatic carbocycles. The smallest absolute Gasteiger partial charge is 0.225 e. The van der Waals surface area contributed by atoms with E-state index in [1.807, 2.05) is 50.2 Å². The van der Waals surface area contributed by atoms with E-state index in [0.717, 1.165) is 23.3 Å². The van der Waals surface area contributed by atoms with E-state index < -0.39 is 0 Å². The summed E-state index contributed by atoms with van der Waals surface area (Å²) in [4.78, 5) is 13.7. The monoisotopic (exact) mass is 419 g/mol. The number of methoxy groups -OCH3 is 1. The van der Waals surface area contributed by atoms with Crippen LogP contribution in [0.2, 0.25) is 0 Å². The Morgan fingerprint density at radius 3 is 2.55 bits per heavy atom. The van der Waals surface area contributed by atoms with Crippen LogP contribution in [0, 0.1) is 12.3 Å². The summed E-state index contributed by atoms with van der Waals surface area (Å²) in [6.07, 6.45) is 3.25. The maximum atomic E-state index is 8.51. The number of nitrogens with one attached hydrogen (secondary N) is 4. The number of benzene rings is 1. The lowest BCUT2D eigenvalue weighted by Gasteiger charge is -2.17. The van der Waals surface area contributed by atoms with Gasteiger partial charge in [0.25, 0.3) is 0 Å². The minimum absolute atomic E-state index is 0.445. The van der Waals surface area contributed by atoms with E-state index in [0.29, 0.717) is 47.6 Å². The molecule has 0 aliphatic rings. The maximum absolute atomic E-state index is 8.51. The van der Waals surface area contributed by atoms with Crippen molar-refractivity contribution in [3.05, 3.63) is 59.4 Å². The first-order valence-electron chi connectivity index (χ1n) is 10.3. The molecule has 4 N–H and O–H groups in total. The molecule has 0 atom stereocenters. The summed E-state index contributed by atoms with van der Waals surface area (Å²) in [7, 11) is 3.45. The average molecular weight is 420 g/mol. The van der Waals surface area contributed by atoms with Crippen molar-refractivity contribution in [1.29, 1.82) is 5.41 Å². The normalized spacial score (nSPS) is 10.5. The Morgan fingerprint density at radius 1 is 1.13 bits per heavy atom. The van der Waals surface area contributed by atoms with Gasteiger partial charge in [-0.05, 0) is 48.7 Å². The van der Waals surface area contributed by atoms with Gasteiger partial charge in [-0.1, -0.05) is 25.5 Å². The van der Waals surface area contributed by atoms with Gasteiger partial charge in [0, 0.05) is 19.8 Å². The van der Waals surface area contributed by atoms with E-state index >= 15 is 0 Å². The van der Waals surface area contributed by atoms with E-state index in [4.69, 9.17) is 10.1 Å². The molecule has 3 rings (SSSR count).